The minimum Gasteiger partial charge on any atom is -0.451 e. The smallest absolute Gasteiger partial charge is 0.323 e. The average Bonchev–Trinajstić information content (AvgIpc) is 3.38. The molecule has 3 aromatic carbocycles. The first kappa shape index (κ1) is 23.7. The predicted octanol–water partition coefficient (Wildman–Crippen LogP) is 6.74. The highest BCUT2D eigenvalue weighted by atomic mass is 35.5. The molecule has 2 N–H and O–H groups in total. The van der Waals surface area contributed by atoms with Gasteiger partial charge in [-0.05, 0) is 43.2 Å². The topological polar surface area (TPSA) is 79.4 Å². The number of carbonyl (C=O) groups is 1. The quantitative estimate of drug-likeness (QED) is 0.309. The van der Waals surface area contributed by atoms with Crippen molar-refractivity contribution < 1.29 is 22.7 Å². The second-order valence-corrected chi connectivity index (χ2v) is 8.56. The first-order valence-corrected chi connectivity index (χ1v) is 11.5. The Hall–Kier alpha value is -4.05. The first-order chi connectivity index (χ1) is 17.4. The summed E-state index contributed by atoms with van der Waals surface area (Å²) in [5, 5.41) is 4.54. The van der Waals surface area contributed by atoms with Gasteiger partial charge in [-0.25, -0.2) is 22.9 Å². The minimum absolute atomic E-state index is 0.105. The standard InChI is InChI=1S/C25H19ClF3N5O2/c26-17-5-3-14(9-18(17)27)31-25(35)32-15-10-19(28)24(20(29)11-15)36-16-4-6-21-22(12-16)33-23(13-30-21)34-7-1-2-8-34/h3-6,9-13H,1-2,7-8H2,(H2,31,32,35). The first-order valence-electron chi connectivity index (χ1n) is 11.1. The lowest BCUT2D eigenvalue weighted by molar-refractivity contribution is 0.262. The Kier molecular flexibility index (Phi) is 6.51. The van der Waals surface area contributed by atoms with Gasteiger partial charge in [0.05, 0.1) is 22.3 Å². The van der Waals surface area contributed by atoms with Gasteiger partial charge in [-0.1, -0.05) is 11.6 Å². The SMILES string of the molecule is O=C(Nc1ccc(Cl)c(F)c1)Nc1cc(F)c(Oc2ccc3ncc(N4CCCC4)nc3c2)c(F)c1. The maximum atomic E-state index is 14.7. The molecule has 5 rings (SSSR count). The van der Waals surface area contributed by atoms with Crippen LogP contribution in [-0.2, 0) is 0 Å². The lowest BCUT2D eigenvalue weighted by Crippen LogP contribution is -2.19. The zero-order chi connectivity index (χ0) is 25.2. The summed E-state index contributed by atoms with van der Waals surface area (Å²) in [6.45, 7) is 1.81. The highest BCUT2D eigenvalue weighted by Gasteiger charge is 2.17. The van der Waals surface area contributed by atoms with E-state index < -0.39 is 29.2 Å². The van der Waals surface area contributed by atoms with E-state index in [4.69, 9.17) is 16.3 Å². The van der Waals surface area contributed by atoms with Crippen molar-refractivity contribution in [3.05, 3.63) is 77.2 Å². The zero-order valence-corrected chi connectivity index (χ0v) is 19.5. The number of ether oxygens (including phenoxy) is 1. The fraction of sp³-hybridized carbons (Fsp3) is 0.160. The van der Waals surface area contributed by atoms with Gasteiger partial charge in [-0.2, -0.15) is 0 Å². The second kappa shape index (κ2) is 9.90. The van der Waals surface area contributed by atoms with Gasteiger partial charge in [0.1, 0.15) is 17.4 Å². The molecule has 0 radical (unpaired) electrons. The van der Waals surface area contributed by atoms with Gasteiger partial charge in [-0.15, -0.1) is 0 Å². The van der Waals surface area contributed by atoms with E-state index >= 15 is 0 Å². The minimum atomic E-state index is -1.03. The molecular formula is C25H19ClF3N5O2. The van der Waals surface area contributed by atoms with Gasteiger partial charge in [0.15, 0.2) is 17.4 Å². The Morgan fingerprint density at radius 1 is 0.889 bits per heavy atom. The zero-order valence-electron chi connectivity index (χ0n) is 18.7. The number of nitrogens with zero attached hydrogens (tertiary/aromatic N) is 3. The summed E-state index contributed by atoms with van der Waals surface area (Å²) < 4.78 is 48.5. The molecule has 1 saturated heterocycles. The molecule has 0 saturated carbocycles. The number of aromatic nitrogens is 2. The Balaban J connectivity index is 1.31. The molecule has 7 nitrogen and oxygen atoms in total. The monoisotopic (exact) mass is 513 g/mol. The van der Waals surface area contributed by atoms with Crippen LogP contribution in [0.5, 0.6) is 11.5 Å². The van der Waals surface area contributed by atoms with Crippen molar-refractivity contribution in [2.24, 2.45) is 0 Å². The molecular weight excluding hydrogens is 495 g/mol. The van der Waals surface area contributed by atoms with Crippen LogP contribution in [-0.4, -0.2) is 29.1 Å². The van der Waals surface area contributed by atoms with Crippen LogP contribution in [0.3, 0.4) is 0 Å². The summed E-state index contributed by atoms with van der Waals surface area (Å²) in [7, 11) is 0. The van der Waals surface area contributed by atoms with E-state index in [9.17, 15) is 18.0 Å². The van der Waals surface area contributed by atoms with Crippen LogP contribution < -0.4 is 20.3 Å². The third-order valence-corrected chi connectivity index (χ3v) is 5.89. The number of urea groups is 1. The second-order valence-electron chi connectivity index (χ2n) is 8.15. The van der Waals surface area contributed by atoms with Crippen LogP contribution in [0.25, 0.3) is 11.0 Å². The molecule has 4 aromatic rings. The van der Waals surface area contributed by atoms with Crippen molar-refractivity contribution in [1.82, 2.24) is 9.97 Å². The number of hydrogen-bond donors (Lipinski definition) is 2. The maximum Gasteiger partial charge on any atom is 0.323 e. The number of halogens is 4. The molecule has 2 amide bonds. The maximum absolute atomic E-state index is 14.7. The van der Waals surface area contributed by atoms with Crippen LogP contribution in [0.2, 0.25) is 5.02 Å². The van der Waals surface area contributed by atoms with Gasteiger partial charge in [-0.3, -0.25) is 4.98 Å². The van der Waals surface area contributed by atoms with Gasteiger partial charge < -0.3 is 20.3 Å². The molecule has 0 spiro atoms. The van der Waals surface area contributed by atoms with Gasteiger partial charge in [0, 0.05) is 42.7 Å². The fourth-order valence-electron chi connectivity index (χ4n) is 3.86. The number of hydrogen-bond acceptors (Lipinski definition) is 5. The highest BCUT2D eigenvalue weighted by molar-refractivity contribution is 6.30. The molecule has 1 fully saturated rings. The number of carbonyl (C=O) groups excluding carboxylic acids is 1. The fourth-order valence-corrected chi connectivity index (χ4v) is 3.98. The molecule has 184 valence electrons. The summed E-state index contributed by atoms with van der Waals surface area (Å²) in [4.78, 5) is 23.3. The largest absolute Gasteiger partial charge is 0.451 e. The van der Waals surface area contributed by atoms with Crippen LogP contribution in [0.1, 0.15) is 12.8 Å². The third kappa shape index (κ3) is 5.13. The summed E-state index contributed by atoms with van der Waals surface area (Å²) in [6.07, 6.45) is 3.89. The third-order valence-electron chi connectivity index (χ3n) is 5.58. The molecule has 0 aliphatic carbocycles. The molecule has 2 heterocycles. The summed E-state index contributed by atoms with van der Waals surface area (Å²) >= 11 is 5.61. The van der Waals surface area contributed by atoms with Crippen molar-refractivity contribution >= 4 is 45.9 Å². The number of anilines is 3. The van der Waals surface area contributed by atoms with Crippen molar-refractivity contribution in [1.29, 1.82) is 0 Å². The van der Waals surface area contributed by atoms with E-state index in [0.717, 1.165) is 49.9 Å². The van der Waals surface area contributed by atoms with Crippen molar-refractivity contribution in [3.8, 4) is 11.5 Å². The number of fused-ring (bicyclic) bond motifs is 1. The van der Waals surface area contributed by atoms with E-state index in [1.54, 1.807) is 18.3 Å². The van der Waals surface area contributed by atoms with Gasteiger partial charge in [0.2, 0.25) is 0 Å². The van der Waals surface area contributed by atoms with E-state index in [1.807, 2.05) is 0 Å². The Morgan fingerprint density at radius 3 is 2.31 bits per heavy atom. The van der Waals surface area contributed by atoms with Gasteiger partial charge in [0.25, 0.3) is 0 Å². The van der Waals surface area contributed by atoms with Crippen molar-refractivity contribution in [3.63, 3.8) is 0 Å². The summed E-state index contributed by atoms with van der Waals surface area (Å²) in [6, 6.07) is 9.41. The number of rotatable bonds is 5. The van der Waals surface area contributed by atoms with Crippen LogP contribution in [0.4, 0.5) is 35.2 Å². The van der Waals surface area contributed by atoms with E-state index in [0.29, 0.717) is 11.0 Å². The Morgan fingerprint density at radius 2 is 1.58 bits per heavy atom. The number of benzene rings is 3. The van der Waals surface area contributed by atoms with Crippen molar-refractivity contribution in [2.75, 3.05) is 28.6 Å². The summed E-state index contributed by atoms with van der Waals surface area (Å²) in [5.41, 5.74) is 1.11. The van der Waals surface area contributed by atoms with E-state index in [1.165, 1.54) is 18.2 Å². The van der Waals surface area contributed by atoms with Crippen LogP contribution in [0, 0.1) is 17.5 Å². The van der Waals surface area contributed by atoms with E-state index in [-0.39, 0.29) is 22.1 Å². The molecule has 11 heteroatoms. The summed E-state index contributed by atoms with van der Waals surface area (Å²) in [5.74, 6) is -2.50. The molecule has 0 atom stereocenters. The highest BCUT2D eigenvalue weighted by Crippen LogP contribution is 2.32. The average molecular weight is 514 g/mol. The van der Waals surface area contributed by atoms with Crippen LogP contribution >= 0.6 is 11.6 Å². The Bertz CT molecular complexity index is 1440. The lowest BCUT2D eigenvalue weighted by Gasteiger charge is -2.16. The lowest BCUT2D eigenvalue weighted by atomic mass is 10.2. The van der Waals surface area contributed by atoms with E-state index in [2.05, 4.69) is 25.5 Å². The number of nitrogens with one attached hydrogen (secondary N) is 2. The molecule has 1 aromatic heterocycles. The molecule has 0 unspecified atom stereocenters. The molecule has 1 aliphatic rings. The van der Waals surface area contributed by atoms with Crippen LogP contribution in [0.15, 0.2) is 54.7 Å². The van der Waals surface area contributed by atoms with Gasteiger partial charge >= 0.3 is 6.03 Å². The van der Waals surface area contributed by atoms with Crippen molar-refractivity contribution in [2.45, 2.75) is 12.8 Å². The molecule has 36 heavy (non-hydrogen) atoms. The normalized spacial score (nSPS) is 13.2. The Labute approximate surface area is 208 Å². The predicted molar refractivity (Wildman–Crippen MR) is 131 cm³/mol. The molecule has 1 aliphatic heterocycles. The molecule has 0 bridgehead atoms. The number of amides is 2.